The fourth-order valence-electron chi connectivity index (χ4n) is 0.528. The molecule has 0 unspecified atom stereocenters. The maximum Gasteiger partial charge on any atom is 0.324 e. The Labute approximate surface area is 65.0 Å². The molecule has 0 aromatic carbocycles. The molecule has 0 N–H and O–H groups in total. The number of carboxylic acid groups (broad SMARTS) is 1. The first kappa shape index (κ1) is 7.67. The third kappa shape index (κ3) is 1.53. The largest absolute Gasteiger partial charge is 0.545 e. The third-order valence-corrected chi connectivity index (χ3v) is 1.88. The van der Waals surface area contributed by atoms with Gasteiger partial charge in [0.1, 0.15) is 0 Å². The topological polar surface area (TPSA) is 83.3 Å². The molecule has 0 radical (unpaired) electrons. The molecule has 0 aliphatic heterocycles. The molecule has 0 aliphatic carbocycles. The molecule has 0 atom stereocenters. The first-order valence-corrected chi connectivity index (χ1v) is 3.43. The minimum atomic E-state index is -1.39. The molecular formula is C5H2NO4S-. The molecule has 6 heteroatoms. The number of hydrogen-bond acceptors (Lipinski definition) is 5. The molecule has 0 bridgehead atoms. The van der Waals surface area contributed by atoms with Gasteiger partial charge in [-0.3, -0.25) is 10.1 Å². The highest BCUT2D eigenvalue weighted by molar-refractivity contribution is 7.13. The molecule has 0 amide bonds. The van der Waals surface area contributed by atoms with E-state index in [1.807, 2.05) is 0 Å². The van der Waals surface area contributed by atoms with Crippen molar-refractivity contribution in [1.29, 1.82) is 0 Å². The molecule has 1 aromatic heterocycles. The van der Waals surface area contributed by atoms with Gasteiger partial charge in [-0.05, 0) is 0 Å². The van der Waals surface area contributed by atoms with E-state index >= 15 is 0 Å². The van der Waals surface area contributed by atoms with E-state index in [2.05, 4.69) is 0 Å². The molecule has 1 aromatic rings. The van der Waals surface area contributed by atoms with Crippen LogP contribution in [-0.2, 0) is 0 Å². The Kier molecular flexibility index (Phi) is 1.86. The van der Waals surface area contributed by atoms with Gasteiger partial charge >= 0.3 is 5.00 Å². The summed E-state index contributed by atoms with van der Waals surface area (Å²) >= 11 is 0.766. The molecule has 58 valence electrons. The standard InChI is InChI=1S/C5H3NO4S/c7-5(8)3-1-4(6(9)10)11-2-3/h1-2H,(H,7,8)/p-1. The summed E-state index contributed by atoms with van der Waals surface area (Å²) in [5.41, 5.74) is -0.151. The number of carboxylic acids is 1. The minimum Gasteiger partial charge on any atom is -0.545 e. The number of nitro groups is 1. The predicted octanol–water partition coefficient (Wildman–Crippen LogP) is 0.0198. The van der Waals surface area contributed by atoms with Crippen LogP contribution in [0.4, 0.5) is 5.00 Å². The summed E-state index contributed by atoms with van der Waals surface area (Å²) < 4.78 is 0. The van der Waals surface area contributed by atoms with Crippen LogP contribution in [0.3, 0.4) is 0 Å². The average molecular weight is 172 g/mol. The van der Waals surface area contributed by atoms with Gasteiger partial charge in [0.05, 0.1) is 10.9 Å². The zero-order chi connectivity index (χ0) is 8.43. The van der Waals surface area contributed by atoms with Gasteiger partial charge in [0.2, 0.25) is 0 Å². The van der Waals surface area contributed by atoms with Crippen LogP contribution in [0.25, 0.3) is 0 Å². The summed E-state index contributed by atoms with van der Waals surface area (Å²) in [6.45, 7) is 0. The van der Waals surface area contributed by atoms with E-state index in [1.165, 1.54) is 5.38 Å². The first-order valence-electron chi connectivity index (χ1n) is 2.55. The number of hydrogen-bond donors (Lipinski definition) is 0. The van der Waals surface area contributed by atoms with Gasteiger partial charge in [-0.2, -0.15) is 0 Å². The highest BCUT2D eigenvalue weighted by Crippen LogP contribution is 2.21. The van der Waals surface area contributed by atoms with Crippen molar-refractivity contribution in [2.45, 2.75) is 0 Å². The molecule has 11 heavy (non-hydrogen) atoms. The van der Waals surface area contributed by atoms with E-state index in [0.29, 0.717) is 0 Å². The van der Waals surface area contributed by atoms with Crippen molar-refractivity contribution in [3.63, 3.8) is 0 Å². The molecule has 0 saturated carbocycles. The summed E-state index contributed by atoms with van der Waals surface area (Å²) in [6.07, 6.45) is 0. The quantitative estimate of drug-likeness (QED) is 0.465. The lowest BCUT2D eigenvalue weighted by atomic mass is 10.3. The number of nitrogens with zero attached hydrogens (tertiary/aromatic N) is 1. The Morgan fingerprint density at radius 3 is 2.55 bits per heavy atom. The van der Waals surface area contributed by atoms with E-state index in [4.69, 9.17) is 0 Å². The van der Waals surface area contributed by atoms with Crippen LogP contribution in [0.15, 0.2) is 11.4 Å². The molecule has 0 saturated heterocycles. The van der Waals surface area contributed by atoms with Gasteiger partial charge in [0.15, 0.2) is 0 Å². The first-order chi connectivity index (χ1) is 5.11. The lowest BCUT2D eigenvalue weighted by molar-refractivity contribution is -0.380. The SMILES string of the molecule is O=C([O-])c1csc([N+](=O)[O-])c1. The fraction of sp³-hybridized carbons (Fsp3) is 0. The summed E-state index contributed by atoms with van der Waals surface area (Å²) in [6, 6.07) is 0.972. The zero-order valence-corrected chi connectivity index (χ0v) is 5.96. The number of carbonyl (C=O) groups excluding carboxylic acids is 1. The Morgan fingerprint density at radius 1 is 1.64 bits per heavy atom. The number of carbonyl (C=O) groups is 1. The molecule has 1 heterocycles. The lowest BCUT2D eigenvalue weighted by Crippen LogP contribution is -2.21. The van der Waals surface area contributed by atoms with Crippen molar-refractivity contribution in [3.05, 3.63) is 27.1 Å². The second kappa shape index (κ2) is 2.67. The number of thiophene rings is 1. The van der Waals surface area contributed by atoms with Gasteiger partial charge in [0, 0.05) is 17.0 Å². The van der Waals surface area contributed by atoms with Gasteiger partial charge in [-0.1, -0.05) is 11.3 Å². The molecule has 0 fully saturated rings. The van der Waals surface area contributed by atoms with Crippen molar-refractivity contribution >= 4 is 22.3 Å². The van der Waals surface area contributed by atoms with Crippen LogP contribution in [0.1, 0.15) is 10.4 Å². The summed E-state index contributed by atoms with van der Waals surface area (Å²) in [4.78, 5) is 19.5. The maximum atomic E-state index is 10.1. The van der Waals surface area contributed by atoms with Crippen LogP contribution in [0.2, 0.25) is 0 Å². The van der Waals surface area contributed by atoms with E-state index in [0.717, 1.165) is 17.4 Å². The lowest BCUT2D eigenvalue weighted by Gasteiger charge is -1.91. The van der Waals surface area contributed by atoms with Crippen LogP contribution < -0.4 is 5.11 Å². The summed E-state index contributed by atoms with van der Waals surface area (Å²) in [7, 11) is 0. The minimum absolute atomic E-state index is 0.151. The second-order valence-electron chi connectivity index (χ2n) is 1.72. The third-order valence-electron chi connectivity index (χ3n) is 1.00. The van der Waals surface area contributed by atoms with E-state index < -0.39 is 10.9 Å². The van der Waals surface area contributed by atoms with Crippen LogP contribution in [-0.4, -0.2) is 10.9 Å². The normalized spacial score (nSPS) is 9.45. The average Bonchev–Trinajstić information content (AvgIpc) is 2.33. The van der Waals surface area contributed by atoms with Crippen LogP contribution in [0.5, 0.6) is 0 Å². The summed E-state index contributed by atoms with van der Waals surface area (Å²) in [5, 5.41) is 21.1. The smallest absolute Gasteiger partial charge is 0.324 e. The van der Waals surface area contributed by atoms with Gasteiger partial charge in [-0.25, -0.2) is 0 Å². The van der Waals surface area contributed by atoms with E-state index in [9.17, 15) is 20.0 Å². The van der Waals surface area contributed by atoms with Crippen LogP contribution in [0, 0.1) is 10.1 Å². The Bertz CT molecular complexity index is 277. The molecule has 0 spiro atoms. The molecular weight excluding hydrogens is 170 g/mol. The number of aromatic carboxylic acids is 1. The van der Waals surface area contributed by atoms with E-state index in [-0.39, 0.29) is 10.6 Å². The van der Waals surface area contributed by atoms with Crippen molar-refractivity contribution in [2.24, 2.45) is 0 Å². The monoisotopic (exact) mass is 172 g/mol. The van der Waals surface area contributed by atoms with Crippen molar-refractivity contribution in [1.82, 2.24) is 0 Å². The van der Waals surface area contributed by atoms with Crippen LogP contribution >= 0.6 is 11.3 Å². The van der Waals surface area contributed by atoms with Crippen molar-refractivity contribution in [3.8, 4) is 0 Å². The predicted molar refractivity (Wildman–Crippen MR) is 35.3 cm³/mol. The van der Waals surface area contributed by atoms with Crippen molar-refractivity contribution in [2.75, 3.05) is 0 Å². The van der Waals surface area contributed by atoms with Gasteiger partial charge in [0.25, 0.3) is 0 Å². The Hall–Kier alpha value is -1.43. The second-order valence-corrected chi connectivity index (χ2v) is 2.61. The highest BCUT2D eigenvalue weighted by atomic mass is 32.1. The summed E-state index contributed by atoms with van der Waals surface area (Å²) in [5.74, 6) is -1.39. The van der Waals surface area contributed by atoms with Gasteiger partial charge < -0.3 is 9.90 Å². The molecule has 1 rings (SSSR count). The molecule has 5 nitrogen and oxygen atoms in total. The van der Waals surface area contributed by atoms with Crippen molar-refractivity contribution < 1.29 is 14.8 Å². The Morgan fingerprint density at radius 2 is 2.27 bits per heavy atom. The molecule has 0 aliphatic rings. The maximum absolute atomic E-state index is 10.1. The Balaban J connectivity index is 2.99. The zero-order valence-electron chi connectivity index (χ0n) is 5.14. The van der Waals surface area contributed by atoms with Gasteiger partial charge in [-0.15, -0.1) is 0 Å². The highest BCUT2D eigenvalue weighted by Gasteiger charge is 2.09. The van der Waals surface area contributed by atoms with E-state index in [1.54, 1.807) is 0 Å². The fourth-order valence-corrected chi connectivity index (χ4v) is 1.22. The number of rotatable bonds is 2.